The van der Waals surface area contributed by atoms with Crippen molar-refractivity contribution in [2.75, 3.05) is 0 Å². The molecule has 0 unspecified atom stereocenters. The molecule has 1 aromatic carbocycles. The number of fused-ring (bicyclic) bond motifs is 1. The van der Waals surface area contributed by atoms with Gasteiger partial charge < -0.3 is 4.98 Å². The van der Waals surface area contributed by atoms with Crippen LogP contribution in [0.3, 0.4) is 0 Å². The number of pyridine rings is 1. The van der Waals surface area contributed by atoms with Gasteiger partial charge in [-0.25, -0.2) is 0 Å². The van der Waals surface area contributed by atoms with E-state index < -0.39 is 0 Å². The highest BCUT2D eigenvalue weighted by Crippen LogP contribution is 2.14. The predicted octanol–water partition coefficient (Wildman–Crippen LogP) is 2.14. The SMILES string of the molecule is Cc1cc2c(C)cccc2[nH]c1=O. The summed E-state index contributed by atoms with van der Waals surface area (Å²) in [6.45, 7) is 3.87. The fourth-order valence-corrected chi connectivity index (χ4v) is 1.48. The summed E-state index contributed by atoms with van der Waals surface area (Å²) in [6.07, 6.45) is 0. The lowest BCUT2D eigenvalue weighted by Crippen LogP contribution is -2.08. The second kappa shape index (κ2) is 2.73. The number of aryl methyl sites for hydroxylation is 2. The highest BCUT2D eigenvalue weighted by Gasteiger charge is 1.99. The number of rotatable bonds is 0. The van der Waals surface area contributed by atoms with E-state index in [9.17, 15) is 4.79 Å². The van der Waals surface area contributed by atoms with Crippen molar-refractivity contribution in [3.05, 3.63) is 45.7 Å². The van der Waals surface area contributed by atoms with Crippen LogP contribution in [-0.2, 0) is 0 Å². The quantitative estimate of drug-likeness (QED) is 0.650. The molecule has 66 valence electrons. The second-order valence-electron chi connectivity index (χ2n) is 3.32. The highest BCUT2D eigenvalue weighted by atomic mass is 16.1. The van der Waals surface area contributed by atoms with E-state index in [1.54, 1.807) is 0 Å². The smallest absolute Gasteiger partial charge is 0.251 e. The third-order valence-corrected chi connectivity index (χ3v) is 2.29. The van der Waals surface area contributed by atoms with Gasteiger partial charge in [0.15, 0.2) is 0 Å². The Balaban J connectivity index is 2.97. The first kappa shape index (κ1) is 8.05. The molecule has 0 radical (unpaired) electrons. The van der Waals surface area contributed by atoms with Gasteiger partial charge in [0.1, 0.15) is 0 Å². The van der Waals surface area contributed by atoms with Crippen LogP contribution in [0.25, 0.3) is 10.9 Å². The molecule has 0 saturated heterocycles. The average Bonchev–Trinajstić information content (AvgIpc) is 2.09. The molecule has 0 atom stereocenters. The minimum atomic E-state index is -0.00176. The summed E-state index contributed by atoms with van der Waals surface area (Å²) in [7, 11) is 0. The molecule has 2 aromatic rings. The molecular weight excluding hydrogens is 162 g/mol. The number of hydrogen-bond acceptors (Lipinski definition) is 1. The van der Waals surface area contributed by atoms with Gasteiger partial charge in [-0.15, -0.1) is 0 Å². The van der Waals surface area contributed by atoms with Crippen molar-refractivity contribution in [1.29, 1.82) is 0 Å². The van der Waals surface area contributed by atoms with Crippen LogP contribution < -0.4 is 5.56 Å². The molecule has 0 aliphatic carbocycles. The molecule has 0 amide bonds. The topological polar surface area (TPSA) is 32.9 Å². The maximum atomic E-state index is 11.3. The van der Waals surface area contributed by atoms with Crippen molar-refractivity contribution < 1.29 is 0 Å². The number of nitrogens with one attached hydrogen (secondary N) is 1. The van der Waals surface area contributed by atoms with Crippen molar-refractivity contribution in [2.45, 2.75) is 13.8 Å². The first-order valence-electron chi connectivity index (χ1n) is 4.28. The van der Waals surface area contributed by atoms with E-state index in [-0.39, 0.29) is 5.56 Å². The zero-order valence-corrected chi connectivity index (χ0v) is 7.72. The molecule has 0 saturated carbocycles. The van der Waals surface area contributed by atoms with E-state index in [4.69, 9.17) is 0 Å². The lowest BCUT2D eigenvalue weighted by molar-refractivity contribution is 1.23. The van der Waals surface area contributed by atoms with E-state index in [1.165, 1.54) is 5.56 Å². The Hall–Kier alpha value is -1.57. The van der Waals surface area contributed by atoms with Crippen LogP contribution in [0.1, 0.15) is 11.1 Å². The van der Waals surface area contributed by atoms with Gasteiger partial charge in [-0.2, -0.15) is 0 Å². The van der Waals surface area contributed by atoms with Crippen LogP contribution >= 0.6 is 0 Å². The molecule has 2 heteroatoms. The number of H-pyrrole nitrogens is 1. The third-order valence-electron chi connectivity index (χ3n) is 2.29. The molecule has 2 rings (SSSR count). The van der Waals surface area contributed by atoms with Crippen LogP contribution in [0.2, 0.25) is 0 Å². The maximum absolute atomic E-state index is 11.3. The lowest BCUT2D eigenvalue weighted by atomic mass is 10.1. The summed E-state index contributed by atoms with van der Waals surface area (Å²) >= 11 is 0. The van der Waals surface area contributed by atoms with E-state index in [0.29, 0.717) is 0 Å². The van der Waals surface area contributed by atoms with Gasteiger partial charge in [0.05, 0.1) is 0 Å². The van der Waals surface area contributed by atoms with Crippen molar-refractivity contribution in [3.8, 4) is 0 Å². The second-order valence-corrected chi connectivity index (χ2v) is 3.32. The Morgan fingerprint density at radius 1 is 1.15 bits per heavy atom. The van der Waals surface area contributed by atoms with Crippen molar-refractivity contribution in [1.82, 2.24) is 4.98 Å². The molecule has 0 aliphatic heterocycles. The Bertz CT molecular complexity index is 511. The lowest BCUT2D eigenvalue weighted by Gasteiger charge is -2.01. The minimum absolute atomic E-state index is 0.00176. The summed E-state index contributed by atoms with van der Waals surface area (Å²) < 4.78 is 0. The van der Waals surface area contributed by atoms with Crippen molar-refractivity contribution in [2.24, 2.45) is 0 Å². The Kier molecular flexibility index (Phi) is 1.69. The van der Waals surface area contributed by atoms with Gasteiger partial charge in [0.2, 0.25) is 0 Å². The Morgan fingerprint density at radius 2 is 1.92 bits per heavy atom. The third kappa shape index (κ3) is 1.24. The molecule has 0 fully saturated rings. The summed E-state index contributed by atoms with van der Waals surface area (Å²) in [5.74, 6) is 0. The molecule has 1 heterocycles. The monoisotopic (exact) mass is 173 g/mol. The van der Waals surface area contributed by atoms with Crippen LogP contribution in [0.5, 0.6) is 0 Å². The fraction of sp³-hybridized carbons (Fsp3) is 0.182. The molecular formula is C11H11NO. The first-order chi connectivity index (χ1) is 6.18. The number of aromatic nitrogens is 1. The van der Waals surface area contributed by atoms with Gasteiger partial charge in [-0.05, 0) is 31.5 Å². The molecule has 0 spiro atoms. The van der Waals surface area contributed by atoms with Gasteiger partial charge >= 0.3 is 0 Å². The van der Waals surface area contributed by atoms with Crippen LogP contribution in [0.4, 0.5) is 0 Å². The van der Waals surface area contributed by atoms with Gasteiger partial charge in [-0.3, -0.25) is 4.79 Å². The normalized spacial score (nSPS) is 10.6. The zero-order chi connectivity index (χ0) is 9.42. The molecule has 0 aliphatic rings. The summed E-state index contributed by atoms with van der Waals surface area (Å²) in [5, 5.41) is 1.12. The maximum Gasteiger partial charge on any atom is 0.251 e. The van der Waals surface area contributed by atoms with Crippen LogP contribution in [0, 0.1) is 13.8 Å². The van der Waals surface area contributed by atoms with E-state index >= 15 is 0 Å². The number of aromatic amines is 1. The molecule has 0 bridgehead atoms. The van der Waals surface area contributed by atoms with Crippen molar-refractivity contribution >= 4 is 10.9 Å². The molecule has 1 N–H and O–H groups in total. The molecule has 1 aromatic heterocycles. The van der Waals surface area contributed by atoms with E-state index in [2.05, 4.69) is 4.98 Å². The highest BCUT2D eigenvalue weighted by molar-refractivity contribution is 5.82. The zero-order valence-electron chi connectivity index (χ0n) is 7.72. The van der Waals surface area contributed by atoms with Gasteiger partial charge in [0.25, 0.3) is 5.56 Å². The predicted molar refractivity (Wildman–Crippen MR) is 54.0 cm³/mol. The van der Waals surface area contributed by atoms with Crippen LogP contribution in [0.15, 0.2) is 29.1 Å². The van der Waals surface area contributed by atoms with Gasteiger partial charge in [0, 0.05) is 16.5 Å². The fourth-order valence-electron chi connectivity index (χ4n) is 1.48. The summed E-state index contributed by atoms with van der Waals surface area (Å²) in [5.41, 5.74) is 2.87. The Morgan fingerprint density at radius 3 is 2.69 bits per heavy atom. The first-order valence-corrected chi connectivity index (χ1v) is 4.28. The minimum Gasteiger partial charge on any atom is -0.322 e. The number of benzene rings is 1. The molecule has 13 heavy (non-hydrogen) atoms. The van der Waals surface area contributed by atoms with E-state index in [0.717, 1.165) is 16.5 Å². The summed E-state index contributed by atoms with van der Waals surface area (Å²) in [6, 6.07) is 7.84. The van der Waals surface area contributed by atoms with Crippen molar-refractivity contribution in [3.63, 3.8) is 0 Å². The van der Waals surface area contributed by atoms with Crippen LogP contribution in [-0.4, -0.2) is 4.98 Å². The standard InChI is InChI=1S/C11H11NO/c1-7-4-3-5-10-9(7)6-8(2)11(13)12-10/h3-6H,1-2H3,(H,12,13). The largest absolute Gasteiger partial charge is 0.322 e. The summed E-state index contributed by atoms with van der Waals surface area (Å²) in [4.78, 5) is 14.1. The number of hydrogen-bond donors (Lipinski definition) is 1. The Labute approximate surface area is 76.2 Å². The van der Waals surface area contributed by atoms with Gasteiger partial charge in [-0.1, -0.05) is 12.1 Å². The van der Waals surface area contributed by atoms with E-state index in [1.807, 2.05) is 38.1 Å². The molecule has 2 nitrogen and oxygen atoms in total. The average molecular weight is 173 g/mol.